The lowest BCUT2D eigenvalue weighted by molar-refractivity contribution is 0.262. The first-order valence-electron chi connectivity index (χ1n) is 11.3. The average Bonchev–Trinajstić information content (AvgIpc) is 3.43. The molecule has 0 aliphatic carbocycles. The number of hydrogen-bond donors (Lipinski definition) is 1. The molecule has 32 heavy (non-hydrogen) atoms. The Hall–Kier alpha value is -2.64. The standard InChI is InChI=1S/C25H30N4O2S/c1-25(2)16-22(21-11-7-4-8-12-21)27-24-23(17-26-29(24)25)32(30,31)28-14-13-20(18-28)15-19-9-5-3-6-10-19/h3-12,17,20,22,27H,13-16,18H2,1-2H3. The van der Waals surface area contributed by atoms with Gasteiger partial charge in [0.05, 0.1) is 17.8 Å². The van der Waals surface area contributed by atoms with Gasteiger partial charge in [-0.25, -0.2) is 13.1 Å². The second kappa shape index (κ2) is 8.05. The molecule has 2 aliphatic rings. The maximum Gasteiger partial charge on any atom is 0.248 e. The first-order chi connectivity index (χ1) is 15.3. The van der Waals surface area contributed by atoms with E-state index < -0.39 is 10.0 Å². The van der Waals surface area contributed by atoms with Crippen LogP contribution >= 0.6 is 0 Å². The Kier molecular flexibility index (Phi) is 5.34. The van der Waals surface area contributed by atoms with E-state index in [1.807, 2.05) is 41.1 Å². The third kappa shape index (κ3) is 3.84. The van der Waals surface area contributed by atoms with Gasteiger partial charge in [-0.15, -0.1) is 0 Å². The highest BCUT2D eigenvalue weighted by Gasteiger charge is 2.41. The molecule has 6 nitrogen and oxygen atoms in total. The van der Waals surface area contributed by atoms with Crippen molar-refractivity contribution in [1.82, 2.24) is 14.1 Å². The van der Waals surface area contributed by atoms with Gasteiger partial charge in [-0.2, -0.15) is 9.40 Å². The predicted octanol–water partition coefficient (Wildman–Crippen LogP) is 4.43. The summed E-state index contributed by atoms with van der Waals surface area (Å²) in [6.45, 7) is 5.33. The van der Waals surface area contributed by atoms with Crippen LogP contribution in [0.4, 0.5) is 5.82 Å². The van der Waals surface area contributed by atoms with E-state index in [0.29, 0.717) is 24.8 Å². The van der Waals surface area contributed by atoms with Crippen LogP contribution in [0, 0.1) is 5.92 Å². The van der Waals surface area contributed by atoms with Crippen LogP contribution < -0.4 is 5.32 Å². The molecule has 1 N–H and O–H groups in total. The van der Waals surface area contributed by atoms with Gasteiger partial charge in [0.25, 0.3) is 0 Å². The molecule has 1 saturated heterocycles. The van der Waals surface area contributed by atoms with Gasteiger partial charge in [-0.3, -0.25) is 0 Å². The van der Waals surface area contributed by atoms with E-state index in [0.717, 1.165) is 24.8 Å². The summed E-state index contributed by atoms with van der Waals surface area (Å²) in [7, 11) is -3.63. The van der Waals surface area contributed by atoms with Crippen molar-refractivity contribution in [3.63, 3.8) is 0 Å². The zero-order chi connectivity index (χ0) is 22.3. The number of benzene rings is 2. The lowest BCUT2D eigenvalue weighted by Crippen LogP contribution is -2.38. The number of hydrogen-bond acceptors (Lipinski definition) is 4. The van der Waals surface area contributed by atoms with Crippen molar-refractivity contribution in [2.75, 3.05) is 18.4 Å². The van der Waals surface area contributed by atoms with Crippen molar-refractivity contribution in [3.8, 4) is 0 Å². The Balaban J connectivity index is 1.41. The first kappa shape index (κ1) is 21.2. The summed E-state index contributed by atoms with van der Waals surface area (Å²) >= 11 is 0. The Morgan fingerprint density at radius 1 is 1.06 bits per heavy atom. The SMILES string of the molecule is CC1(C)CC(c2ccccc2)Nc2c(S(=O)(=O)N3CCC(Cc4ccccc4)C3)cnn21. The van der Waals surface area contributed by atoms with Crippen LogP contribution in [-0.2, 0) is 22.0 Å². The fourth-order valence-electron chi connectivity index (χ4n) is 5.07. The minimum atomic E-state index is -3.63. The summed E-state index contributed by atoms with van der Waals surface area (Å²) in [5.41, 5.74) is 2.12. The molecule has 3 heterocycles. The highest BCUT2D eigenvalue weighted by Crippen LogP contribution is 2.42. The van der Waals surface area contributed by atoms with Crippen LogP contribution in [0.15, 0.2) is 71.8 Å². The van der Waals surface area contributed by atoms with E-state index in [2.05, 4.69) is 48.5 Å². The van der Waals surface area contributed by atoms with Crippen molar-refractivity contribution in [2.24, 2.45) is 5.92 Å². The molecule has 168 valence electrons. The molecule has 1 fully saturated rings. The summed E-state index contributed by atoms with van der Waals surface area (Å²) < 4.78 is 30.8. The smallest absolute Gasteiger partial charge is 0.248 e. The van der Waals surface area contributed by atoms with Gasteiger partial charge in [0.2, 0.25) is 10.0 Å². The molecule has 0 radical (unpaired) electrons. The normalized spacial score (nSPS) is 22.9. The van der Waals surface area contributed by atoms with E-state index in [4.69, 9.17) is 0 Å². The van der Waals surface area contributed by atoms with Gasteiger partial charge in [0.15, 0.2) is 0 Å². The molecule has 7 heteroatoms. The third-order valence-electron chi connectivity index (χ3n) is 6.76. The molecule has 0 bridgehead atoms. The van der Waals surface area contributed by atoms with Crippen LogP contribution in [0.5, 0.6) is 0 Å². The highest BCUT2D eigenvalue weighted by molar-refractivity contribution is 7.89. The number of nitrogens with zero attached hydrogens (tertiary/aromatic N) is 3. The minimum absolute atomic E-state index is 0.0359. The largest absolute Gasteiger partial charge is 0.362 e. The molecule has 2 aliphatic heterocycles. The van der Waals surface area contributed by atoms with E-state index >= 15 is 0 Å². The van der Waals surface area contributed by atoms with Crippen LogP contribution in [0.2, 0.25) is 0 Å². The molecular weight excluding hydrogens is 420 g/mol. The topological polar surface area (TPSA) is 67.2 Å². The molecule has 2 aromatic carbocycles. The summed E-state index contributed by atoms with van der Waals surface area (Å²) in [5.74, 6) is 0.932. The number of nitrogens with one attached hydrogen (secondary N) is 1. The van der Waals surface area contributed by atoms with Crippen molar-refractivity contribution < 1.29 is 8.42 Å². The van der Waals surface area contributed by atoms with Crippen molar-refractivity contribution in [2.45, 2.75) is 49.6 Å². The fraction of sp³-hybridized carbons (Fsp3) is 0.400. The lowest BCUT2D eigenvalue weighted by Gasteiger charge is -2.38. The summed E-state index contributed by atoms with van der Waals surface area (Å²) in [6, 6.07) is 20.5. The third-order valence-corrected chi connectivity index (χ3v) is 8.63. The van der Waals surface area contributed by atoms with Gasteiger partial charge >= 0.3 is 0 Å². The maximum atomic E-state index is 13.7. The lowest BCUT2D eigenvalue weighted by atomic mass is 9.89. The van der Waals surface area contributed by atoms with Crippen LogP contribution in [0.3, 0.4) is 0 Å². The highest BCUT2D eigenvalue weighted by atomic mass is 32.2. The van der Waals surface area contributed by atoms with Crippen LogP contribution in [-0.4, -0.2) is 35.6 Å². The number of anilines is 1. The molecule has 2 atom stereocenters. The molecule has 5 rings (SSSR count). The number of aromatic nitrogens is 2. The molecule has 0 spiro atoms. The molecule has 0 amide bonds. The zero-order valence-corrected chi connectivity index (χ0v) is 19.4. The Morgan fingerprint density at radius 2 is 1.75 bits per heavy atom. The van der Waals surface area contributed by atoms with Crippen LogP contribution in [0.1, 0.15) is 43.9 Å². The molecular formula is C25H30N4O2S. The number of rotatable bonds is 5. The van der Waals surface area contributed by atoms with Gasteiger partial charge < -0.3 is 5.32 Å². The maximum absolute atomic E-state index is 13.7. The van der Waals surface area contributed by atoms with Crippen molar-refractivity contribution in [3.05, 3.63) is 78.0 Å². The fourth-order valence-corrected chi connectivity index (χ4v) is 6.67. The molecule has 0 saturated carbocycles. The predicted molar refractivity (Wildman–Crippen MR) is 126 cm³/mol. The Morgan fingerprint density at radius 3 is 2.47 bits per heavy atom. The van der Waals surface area contributed by atoms with E-state index in [9.17, 15) is 8.42 Å². The Bertz CT molecular complexity index is 1190. The summed E-state index contributed by atoms with van der Waals surface area (Å²) in [6.07, 6.45) is 4.13. The summed E-state index contributed by atoms with van der Waals surface area (Å²) in [4.78, 5) is 0.284. The monoisotopic (exact) mass is 450 g/mol. The van der Waals surface area contributed by atoms with Gasteiger partial charge in [0, 0.05) is 13.1 Å². The van der Waals surface area contributed by atoms with E-state index in [-0.39, 0.29) is 16.5 Å². The van der Waals surface area contributed by atoms with Crippen molar-refractivity contribution in [1.29, 1.82) is 0 Å². The molecule has 3 aromatic rings. The molecule has 1 aromatic heterocycles. The Labute approximate surface area is 190 Å². The average molecular weight is 451 g/mol. The van der Waals surface area contributed by atoms with Gasteiger partial charge in [0.1, 0.15) is 10.7 Å². The van der Waals surface area contributed by atoms with E-state index in [1.165, 1.54) is 11.8 Å². The number of fused-ring (bicyclic) bond motifs is 1. The zero-order valence-electron chi connectivity index (χ0n) is 18.6. The molecule has 2 unspecified atom stereocenters. The van der Waals surface area contributed by atoms with Gasteiger partial charge in [-0.1, -0.05) is 60.7 Å². The second-order valence-corrected chi connectivity index (χ2v) is 11.5. The second-order valence-electron chi connectivity index (χ2n) is 9.60. The minimum Gasteiger partial charge on any atom is -0.362 e. The summed E-state index contributed by atoms with van der Waals surface area (Å²) in [5, 5.41) is 8.00. The van der Waals surface area contributed by atoms with Crippen LogP contribution in [0.25, 0.3) is 0 Å². The van der Waals surface area contributed by atoms with E-state index in [1.54, 1.807) is 4.31 Å². The van der Waals surface area contributed by atoms with Gasteiger partial charge in [-0.05, 0) is 50.2 Å². The van der Waals surface area contributed by atoms with Crippen molar-refractivity contribution >= 4 is 15.8 Å². The quantitative estimate of drug-likeness (QED) is 0.625. The number of sulfonamides is 1. The first-order valence-corrected chi connectivity index (χ1v) is 12.7.